The van der Waals surface area contributed by atoms with E-state index in [0.717, 1.165) is 19.5 Å². The molecule has 0 aromatic rings. The normalized spacial score (nSPS) is 26.3. The van der Waals surface area contributed by atoms with E-state index < -0.39 is 12.8 Å². The second kappa shape index (κ2) is 8.34. The summed E-state index contributed by atoms with van der Waals surface area (Å²) in [6, 6.07) is 0.771. The van der Waals surface area contributed by atoms with Crippen LogP contribution in [0.3, 0.4) is 0 Å². The Morgan fingerprint density at radius 3 is 2.48 bits per heavy atom. The van der Waals surface area contributed by atoms with Crippen molar-refractivity contribution in [1.29, 1.82) is 0 Å². The zero-order valence-corrected chi connectivity index (χ0v) is 13.5. The standard InChI is InChI=1S/C15H29F3N2O/c1-5-12(4)14-8-19-13(11(2)3)9-20(14)6-7-21-10-15(16,17)18/h11-14,19H,5-10H2,1-4H3. The van der Waals surface area contributed by atoms with E-state index in [0.29, 0.717) is 30.5 Å². The van der Waals surface area contributed by atoms with Gasteiger partial charge in [-0.1, -0.05) is 34.1 Å². The lowest BCUT2D eigenvalue weighted by atomic mass is 9.92. The van der Waals surface area contributed by atoms with Crippen LogP contribution in [0.5, 0.6) is 0 Å². The lowest BCUT2D eigenvalue weighted by molar-refractivity contribution is -0.175. The number of hydrogen-bond acceptors (Lipinski definition) is 3. The van der Waals surface area contributed by atoms with Crippen LogP contribution in [0.1, 0.15) is 34.1 Å². The molecular formula is C15H29F3N2O. The predicted molar refractivity (Wildman–Crippen MR) is 78.3 cm³/mol. The van der Waals surface area contributed by atoms with E-state index in [2.05, 4.69) is 37.9 Å². The largest absolute Gasteiger partial charge is 0.411 e. The van der Waals surface area contributed by atoms with Gasteiger partial charge in [-0.25, -0.2) is 0 Å². The average Bonchev–Trinajstić information content (AvgIpc) is 2.41. The van der Waals surface area contributed by atoms with Crippen LogP contribution in [0.15, 0.2) is 0 Å². The molecule has 0 radical (unpaired) electrons. The SMILES string of the molecule is CCC(C)C1CNC(C(C)C)CN1CCOCC(F)(F)F. The fourth-order valence-electron chi connectivity index (χ4n) is 2.76. The van der Waals surface area contributed by atoms with Gasteiger partial charge in [0.1, 0.15) is 6.61 Å². The summed E-state index contributed by atoms with van der Waals surface area (Å²) in [7, 11) is 0. The Bertz CT molecular complexity index is 297. The molecule has 3 nitrogen and oxygen atoms in total. The van der Waals surface area contributed by atoms with Crippen molar-refractivity contribution < 1.29 is 17.9 Å². The second-order valence-electron chi connectivity index (χ2n) is 6.37. The summed E-state index contributed by atoms with van der Waals surface area (Å²) in [6.07, 6.45) is -3.17. The molecule has 0 spiro atoms. The van der Waals surface area contributed by atoms with Gasteiger partial charge < -0.3 is 10.1 Å². The first-order valence-corrected chi connectivity index (χ1v) is 7.86. The molecule has 1 saturated heterocycles. The first kappa shape index (κ1) is 18.7. The Kier molecular flexibility index (Phi) is 7.44. The number of ether oxygens (including phenoxy) is 1. The van der Waals surface area contributed by atoms with E-state index in [4.69, 9.17) is 4.74 Å². The molecule has 0 saturated carbocycles. The highest BCUT2D eigenvalue weighted by molar-refractivity contribution is 4.89. The number of nitrogens with one attached hydrogen (secondary N) is 1. The Morgan fingerprint density at radius 2 is 1.95 bits per heavy atom. The number of hydrogen-bond donors (Lipinski definition) is 1. The van der Waals surface area contributed by atoms with Gasteiger partial charge in [0.2, 0.25) is 0 Å². The molecule has 0 amide bonds. The lowest BCUT2D eigenvalue weighted by Gasteiger charge is -2.44. The number of rotatable bonds is 7. The first-order chi connectivity index (χ1) is 9.74. The van der Waals surface area contributed by atoms with Gasteiger partial charge in [-0.2, -0.15) is 13.2 Å². The fourth-order valence-corrected chi connectivity index (χ4v) is 2.76. The molecule has 0 aromatic heterocycles. The van der Waals surface area contributed by atoms with Crippen LogP contribution in [0.2, 0.25) is 0 Å². The smallest absolute Gasteiger partial charge is 0.371 e. The maximum atomic E-state index is 12.1. The Hall–Kier alpha value is -0.330. The third-order valence-corrected chi connectivity index (χ3v) is 4.38. The Balaban J connectivity index is 2.50. The van der Waals surface area contributed by atoms with Gasteiger partial charge in [-0.3, -0.25) is 4.90 Å². The van der Waals surface area contributed by atoms with Crippen LogP contribution in [-0.4, -0.2) is 56.0 Å². The molecule has 0 aromatic carbocycles. The molecule has 1 heterocycles. The van der Waals surface area contributed by atoms with Crippen LogP contribution >= 0.6 is 0 Å². The molecule has 0 aliphatic carbocycles. The third kappa shape index (κ3) is 6.53. The summed E-state index contributed by atoms with van der Waals surface area (Å²) in [5.74, 6) is 1.04. The molecule has 0 bridgehead atoms. The van der Waals surface area contributed by atoms with Crippen LogP contribution in [-0.2, 0) is 4.74 Å². The van der Waals surface area contributed by atoms with Gasteiger partial charge in [0.15, 0.2) is 0 Å². The number of halogens is 3. The van der Waals surface area contributed by atoms with E-state index in [1.54, 1.807) is 0 Å². The van der Waals surface area contributed by atoms with Crippen molar-refractivity contribution >= 4 is 0 Å². The minimum absolute atomic E-state index is 0.136. The highest BCUT2D eigenvalue weighted by Gasteiger charge is 2.32. The molecule has 1 fully saturated rings. The molecule has 3 unspecified atom stereocenters. The van der Waals surface area contributed by atoms with Crippen molar-refractivity contribution in [3.8, 4) is 0 Å². The highest BCUT2D eigenvalue weighted by atomic mass is 19.4. The summed E-state index contributed by atoms with van der Waals surface area (Å²) in [5, 5.41) is 3.57. The molecule has 126 valence electrons. The van der Waals surface area contributed by atoms with Gasteiger partial charge in [0, 0.05) is 31.7 Å². The van der Waals surface area contributed by atoms with Crippen molar-refractivity contribution in [3.63, 3.8) is 0 Å². The minimum Gasteiger partial charge on any atom is -0.371 e. The number of alkyl halides is 3. The fraction of sp³-hybridized carbons (Fsp3) is 1.00. The molecule has 3 atom stereocenters. The Morgan fingerprint density at radius 1 is 1.29 bits per heavy atom. The molecule has 1 aliphatic rings. The lowest BCUT2D eigenvalue weighted by Crippen LogP contribution is -2.60. The van der Waals surface area contributed by atoms with Crippen LogP contribution < -0.4 is 5.32 Å². The molecule has 21 heavy (non-hydrogen) atoms. The number of piperazine rings is 1. The summed E-state index contributed by atoms with van der Waals surface area (Å²) >= 11 is 0. The number of nitrogens with zero attached hydrogens (tertiary/aromatic N) is 1. The summed E-state index contributed by atoms with van der Waals surface area (Å²) in [5.41, 5.74) is 0. The van der Waals surface area contributed by atoms with E-state index in [-0.39, 0.29) is 6.61 Å². The van der Waals surface area contributed by atoms with Crippen LogP contribution in [0.4, 0.5) is 13.2 Å². The van der Waals surface area contributed by atoms with Gasteiger partial charge in [0.25, 0.3) is 0 Å². The van der Waals surface area contributed by atoms with E-state index in [1.165, 1.54) is 0 Å². The summed E-state index contributed by atoms with van der Waals surface area (Å²) in [6.45, 7) is 10.0. The third-order valence-electron chi connectivity index (χ3n) is 4.38. The second-order valence-corrected chi connectivity index (χ2v) is 6.37. The van der Waals surface area contributed by atoms with Gasteiger partial charge >= 0.3 is 6.18 Å². The zero-order valence-electron chi connectivity index (χ0n) is 13.5. The zero-order chi connectivity index (χ0) is 16.0. The maximum absolute atomic E-state index is 12.1. The monoisotopic (exact) mass is 310 g/mol. The first-order valence-electron chi connectivity index (χ1n) is 7.86. The predicted octanol–water partition coefficient (Wildman–Crippen LogP) is 2.91. The molecule has 6 heteroatoms. The maximum Gasteiger partial charge on any atom is 0.411 e. The minimum atomic E-state index is -4.24. The van der Waals surface area contributed by atoms with Crippen molar-refractivity contribution in [1.82, 2.24) is 10.2 Å². The highest BCUT2D eigenvalue weighted by Crippen LogP contribution is 2.20. The van der Waals surface area contributed by atoms with Crippen LogP contribution in [0, 0.1) is 11.8 Å². The van der Waals surface area contributed by atoms with Crippen LogP contribution in [0.25, 0.3) is 0 Å². The van der Waals surface area contributed by atoms with E-state index in [1.807, 2.05) is 0 Å². The van der Waals surface area contributed by atoms with Crippen molar-refractivity contribution in [2.45, 2.75) is 52.4 Å². The summed E-state index contributed by atoms with van der Waals surface area (Å²) in [4.78, 5) is 2.30. The Labute approximate surface area is 126 Å². The van der Waals surface area contributed by atoms with E-state index >= 15 is 0 Å². The molecule has 1 rings (SSSR count). The molecule has 1 aliphatic heterocycles. The van der Waals surface area contributed by atoms with Gasteiger partial charge in [-0.15, -0.1) is 0 Å². The topological polar surface area (TPSA) is 24.5 Å². The molecule has 1 N–H and O–H groups in total. The molecular weight excluding hydrogens is 281 g/mol. The van der Waals surface area contributed by atoms with Crippen molar-refractivity contribution in [2.24, 2.45) is 11.8 Å². The van der Waals surface area contributed by atoms with Crippen molar-refractivity contribution in [3.05, 3.63) is 0 Å². The average molecular weight is 310 g/mol. The summed E-state index contributed by atoms with van der Waals surface area (Å²) < 4.78 is 41.1. The van der Waals surface area contributed by atoms with Gasteiger partial charge in [-0.05, 0) is 11.8 Å². The van der Waals surface area contributed by atoms with Gasteiger partial charge in [0.05, 0.1) is 6.61 Å². The van der Waals surface area contributed by atoms with E-state index in [9.17, 15) is 13.2 Å². The quantitative estimate of drug-likeness (QED) is 0.732. The van der Waals surface area contributed by atoms with Crippen molar-refractivity contribution in [2.75, 3.05) is 32.8 Å².